The summed E-state index contributed by atoms with van der Waals surface area (Å²) in [6.45, 7) is 3.90. The molecule has 2 unspecified atom stereocenters. The normalized spacial score (nSPS) is 12.8. The number of carbonyl (C=O) groups is 1. The number of halogens is 1. The Morgan fingerprint density at radius 3 is 2.45 bits per heavy atom. The number of aromatic nitrogens is 2. The maximum atomic E-state index is 13.0. The fourth-order valence-corrected chi connectivity index (χ4v) is 3.33. The Kier molecular flexibility index (Phi) is 6.77. The lowest BCUT2D eigenvalue weighted by atomic mass is 10.1. The summed E-state index contributed by atoms with van der Waals surface area (Å²) in [4.78, 5) is 16.9. The van der Waals surface area contributed by atoms with Gasteiger partial charge in [-0.25, -0.2) is 9.37 Å². The van der Waals surface area contributed by atoms with Crippen molar-refractivity contribution in [1.29, 1.82) is 0 Å². The summed E-state index contributed by atoms with van der Waals surface area (Å²) in [6, 6.07) is 13.1. The quantitative estimate of drug-likeness (QED) is 0.585. The molecule has 2 atom stereocenters. The minimum atomic E-state index is -0.262. The Bertz CT molecular complexity index is 944. The van der Waals surface area contributed by atoms with Crippen LogP contribution in [0.5, 0.6) is 5.75 Å². The van der Waals surface area contributed by atoms with Crippen LogP contribution in [-0.2, 0) is 6.42 Å². The van der Waals surface area contributed by atoms with Gasteiger partial charge in [0.15, 0.2) is 0 Å². The van der Waals surface area contributed by atoms with Gasteiger partial charge in [-0.15, -0.1) is 0 Å². The van der Waals surface area contributed by atoms with Gasteiger partial charge in [0.1, 0.15) is 17.4 Å². The van der Waals surface area contributed by atoms with E-state index < -0.39 is 0 Å². The van der Waals surface area contributed by atoms with E-state index in [0.29, 0.717) is 28.7 Å². The second-order valence-corrected chi connectivity index (χ2v) is 7.49. The summed E-state index contributed by atoms with van der Waals surface area (Å²) in [5, 5.41) is 6.95. The molecule has 0 radical (unpaired) electrons. The van der Waals surface area contributed by atoms with Crippen LogP contribution in [-0.4, -0.2) is 34.5 Å². The molecule has 0 spiro atoms. The van der Waals surface area contributed by atoms with Crippen LogP contribution in [0.3, 0.4) is 0 Å². The molecule has 2 N–H and O–H groups in total. The Balaban J connectivity index is 1.53. The number of hydrogen-bond acceptors (Lipinski definition) is 6. The first kappa shape index (κ1) is 20.7. The summed E-state index contributed by atoms with van der Waals surface area (Å²) < 4.78 is 22.5. The summed E-state index contributed by atoms with van der Waals surface area (Å²) in [6.07, 6.45) is 0.538. The summed E-state index contributed by atoms with van der Waals surface area (Å²) in [5.41, 5.74) is 1.52. The van der Waals surface area contributed by atoms with Crippen LogP contribution in [0, 0.1) is 5.82 Å². The molecule has 152 valence electrons. The Morgan fingerprint density at radius 1 is 1.10 bits per heavy atom. The molecule has 0 saturated heterocycles. The average Bonchev–Trinajstić information content (AvgIpc) is 3.16. The van der Waals surface area contributed by atoms with E-state index in [9.17, 15) is 9.18 Å². The second-order valence-electron chi connectivity index (χ2n) is 6.74. The van der Waals surface area contributed by atoms with Gasteiger partial charge in [0.25, 0.3) is 5.91 Å². The van der Waals surface area contributed by atoms with Gasteiger partial charge >= 0.3 is 0 Å². The Hall–Kier alpha value is -3.00. The number of benzene rings is 2. The zero-order valence-electron chi connectivity index (χ0n) is 16.5. The second kappa shape index (κ2) is 9.47. The average molecular weight is 415 g/mol. The van der Waals surface area contributed by atoms with Crippen molar-refractivity contribution in [1.82, 2.24) is 14.7 Å². The molecule has 0 aliphatic heterocycles. The molecule has 8 heteroatoms. The van der Waals surface area contributed by atoms with Gasteiger partial charge < -0.3 is 15.4 Å². The minimum absolute atomic E-state index is 0.0520. The predicted octanol–water partition coefficient (Wildman–Crippen LogP) is 3.90. The van der Waals surface area contributed by atoms with Gasteiger partial charge in [-0.1, -0.05) is 12.1 Å². The van der Waals surface area contributed by atoms with Crippen molar-refractivity contribution in [3.8, 4) is 5.75 Å². The number of nitrogens with zero attached hydrogens (tertiary/aromatic N) is 2. The molecule has 1 amide bonds. The van der Waals surface area contributed by atoms with Gasteiger partial charge in [0.05, 0.1) is 7.11 Å². The Morgan fingerprint density at radius 2 is 1.79 bits per heavy atom. The summed E-state index contributed by atoms with van der Waals surface area (Å²) in [7, 11) is 1.59. The molecule has 0 saturated carbocycles. The van der Waals surface area contributed by atoms with E-state index in [0.717, 1.165) is 5.56 Å². The third kappa shape index (κ3) is 5.74. The molecule has 1 aromatic heterocycles. The molecule has 0 fully saturated rings. The van der Waals surface area contributed by atoms with Crippen molar-refractivity contribution < 1.29 is 13.9 Å². The molecule has 0 bridgehead atoms. The number of carbonyl (C=O) groups excluding carboxylic acids is 1. The van der Waals surface area contributed by atoms with Crippen molar-refractivity contribution >= 4 is 22.6 Å². The zero-order chi connectivity index (χ0) is 20.8. The fourth-order valence-electron chi connectivity index (χ4n) is 2.65. The first-order chi connectivity index (χ1) is 13.9. The predicted molar refractivity (Wildman–Crippen MR) is 112 cm³/mol. The fraction of sp³-hybridized carbons (Fsp3) is 0.286. The van der Waals surface area contributed by atoms with Gasteiger partial charge in [-0.05, 0) is 55.8 Å². The van der Waals surface area contributed by atoms with E-state index >= 15 is 0 Å². The van der Waals surface area contributed by atoms with Crippen molar-refractivity contribution in [3.05, 3.63) is 71.3 Å². The van der Waals surface area contributed by atoms with Crippen LogP contribution in [0.25, 0.3) is 0 Å². The van der Waals surface area contributed by atoms with Gasteiger partial charge in [-0.2, -0.15) is 4.37 Å². The molecule has 0 aliphatic carbocycles. The summed E-state index contributed by atoms with van der Waals surface area (Å²) >= 11 is 1.26. The smallest absolute Gasteiger partial charge is 0.251 e. The highest BCUT2D eigenvalue weighted by molar-refractivity contribution is 7.09. The highest BCUT2D eigenvalue weighted by Gasteiger charge is 2.17. The lowest BCUT2D eigenvalue weighted by Crippen LogP contribution is -2.43. The van der Waals surface area contributed by atoms with E-state index in [1.54, 1.807) is 43.5 Å². The minimum Gasteiger partial charge on any atom is -0.497 e. The van der Waals surface area contributed by atoms with Crippen LogP contribution in [0.1, 0.15) is 35.6 Å². The number of ether oxygens (including phenoxy) is 1. The molecular formula is C21H23FN4O2S. The van der Waals surface area contributed by atoms with Crippen molar-refractivity contribution in [2.24, 2.45) is 0 Å². The Labute approximate surface area is 173 Å². The third-order valence-electron chi connectivity index (χ3n) is 4.56. The third-order valence-corrected chi connectivity index (χ3v) is 5.24. The lowest BCUT2D eigenvalue weighted by molar-refractivity contribution is 0.0937. The first-order valence-electron chi connectivity index (χ1n) is 9.23. The van der Waals surface area contributed by atoms with Crippen LogP contribution >= 0.6 is 11.5 Å². The molecule has 3 aromatic rings. The molecule has 0 aliphatic rings. The molecule has 3 rings (SSSR count). The topological polar surface area (TPSA) is 76.1 Å². The monoisotopic (exact) mass is 414 g/mol. The highest BCUT2D eigenvalue weighted by atomic mass is 32.1. The molecule has 6 nitrogen and oxygen atoms in total. The highest BCUT2D eigenvalue weighted by Crippen LogP contribution is 2.17. The van der Waals surface area contributed by atoms with E-state index in [-0.39, 0.29) is 23.8 Å². The largest absolute Gasteiger partial charge is 0.497 e. The van der Waals surface area contributed by atoms with Gasteiger partial charge in [0.2, 0.25) is 5.13 Å². The SMILES string of the molecule is COc1ccc(C(=O)NC(C)C(C)Nc2nc(Cc3ccc(F)cc3)ns2)cc1. The number of anilines is 1. The summed E-state index contributed by atoms with van der Waals surface area (Å²) in [5.74, 6) is 0.966. The van der Waals surface area contributed by atoms with E-state index in [4.69, 9.17) is 4.74 Å². The van der Waals surface area contributed by atoms with Crippen molar-refractivity contribution in [2.75, 3.05) is 12.4 Å². The number of rotatable bonds is 8. The van der Waals surface area contributed by atoms with Crippen molar-refractivity contribution in [2.45, 2.75) is 32.4 Å². The van der Waals surface area contributed by atoms with Crippen molar-refractivity contribution in [3.63, 3.8) is 0 Å². The zero-order valence-corrected chi connectivity index (χ0v) is 17.3. The lowest BCUT2D eigenvalue weighted by Gasteiger charge is -2.22. The van der Waals surface area contributed by atoms with Gasteiger partial charge in [-0.3, -0.25) is 4.79 Å². The van der Waals surface area contributed by atoms with E-state index in [2.05, 4.69) is 20.0 Å². The maximum Gasteiger partial charge on any atom is 0.251 e. The van der Waals surface area contributed by atoms with E-state index in [1.165, 1.54) is 23.7 Å². The maximum absolute atomic E-state index is 13.0. The number of nitrogens with one attached hydrogen (secondary N) is 2. The van der Waals surface area contributed by atoms with Crippen LogP contribution < -0.4 is 15.4 Å². The van der Waals surface area contributed by atoms with Crippen LogP contribution in [0.2, 0.25) is 0 Å². The van der Waals surface area contributed by atoms with E-state index in [1.807, 2.05) is 13.8 Å². The molecule has 29 heavy (non-hydrogen) atoms. The van der Waals surface area contributed by atoms with Crippen LogP contribution in [0.4, 0.5) is 9.52 Å². The van der Waals surface area contributed by atoms with Crippen LogP contribution in [0.15, 0.2) is 48.5 Å². The molecule has 1 heterocycles. The molecular weight excluding hydrogens is 391 g/mol. The number of amides is 1. The molecule has 2 aromatic carbocycles. The standard InChI is InChI=1S/C21H23FN4O2S/c1-13(23-20(27)16-6-10-18(28-3)11-7-16)14(2)24-21-25-19(26-29-21)12-15-4-8-17(22)9-5-15/h4-11,13-14H,12H2,1-3H3,(H,23,27)(H,24,25,26). The van der Waals surface area contributed by atoms with Gasteiger partial charge in [0, 0.05) is 35.6 Å². The number of methoxy groups -OCH3 is 1. The number of hydrogen-bond donors (Lipinski definition) is 2. The first-order valence-corrected chi connectivity index (χ1v) is 10.0.